The van der Waals surface area contributed by atoms with Crippen LogP contribution in [0.4, 0.5) is 0 Å². The van der Waals surface area contributed by atoms with Gasteiger partial charge in [-0.15, -0.1) is 0 Å². The van der Waals surface area contributed by atoms with Crippen LogP contribution in [0.3, 0.4) is 0 Å². The Hall–Kier alpha value is -3.90. The molecule has 0 spiro atoms. The van der Waals surface area contributed by atoms with Gasteiger partial charge < -0.3 is 19.3 Å². The Kier molecular flexibility index (Phi) is 7.67. The Morgan fingerprint density at radius 1 is 1.00 bits per heavy atom. The van der Waals surface area contributed by atoms with Crippen molar-refractivity contribution in [2.24, 2.45) is 0 Å². The minimum Gasteiger partial charge on any atom is -0.493 e. The molecule has 1 saturated carbocycles. The van der Waals surface area contributed by atoms with Crippen molar-refractivity contribution in [1.82, 2.24) is 23.9 Å². The van der Waals surface area contributed by atoms with Gasteiger partial charge in [-0.2, -0.15) is 9.40 Å². The quantitative estimate of drug-likeness (QED) is 0.375. The minimum absolute atomic E-state index is 0.0269. The lowest BCUT2D eigenvalue weighted by atomic mass is 10.1. The first kappa shape index (κ1) is 28.2. The molecule has 3 heterocycles. The van der Waals surface area contributed by atoms with E-state index in [1.807, 2.05) is 46.0 Å². The molecule has 12 heteroatoms. The molecule has 0 unspecified atom stereocenters. The molecule has 1 saturated heterocycles. The lowest BCUT2D eigenvalue weighted by Crippen LogP contribution is -2.50. The highest BCUT2D eigenvalue weighted by Crippen LogP contribution is 2.40. The second kappa shape index (κ2) is 11.4. The number of nitrogens with zero attached hydrogens (tertiary/aromatic N) is 5. The van der Waals surface area contributed by atoms with E-state index in [1.165, 1.54) is 10.6 Å². The first-order chi connectivity index (χ1) is 20.2. The summed E-state index contributed by atoms with van der Waals surface area (Å²) in [6, 6.07) is 14.8. The van der Waals surface area contributed by atoms with Crippen molar-refractivity contribution < 1.29 is 27.5 Å². The number of ether oxygens (including phenoxy) is 2. The number of para-hydroxylation sites is 1. The van der Waals surface area contributed by atoms with Gasteiger partial charge in [0.15, 0.2) is 11.5 Å². The zero-order valence-corrected chi connectivity index (χ0v) is 24.7. The van der Waals surface area contributed by atoms with Crippen LogP contribution in [0.25, 0.3) is 0 Å². The van der Waals surface area contributed by atoms with Crippen molar-refractivity contribution in [2.45, 2.75) is 38.5 Å². The summed E-state index contributed by atoms with van der Waals surface area (Å²) >= 11 is 0. The van der Waals surface area contributed by atoms with E-state index in [0.717, 1.165) is 29.7 Å². The summed E-state index contributed by atoms with van der Waals surface area (Å²) in [5.74, 6) is 1.51. The number of hydrogen-bond acceptors (Lipinski definition) is 7. The summed E-state index contributed by atoms with van der Waals surface area (Å²) in [5.41, 5.74) is 3.95. The fourth-order valence-corrected chi connectivity index (χ4v) is 6.36. The molecule has 42 heavy (non-hydrogen) atoms. The second-order valence-corrected chi connectivity index (χ2v) is 13.0. The fraction of sp³-hybridized carbons (Fsp3) is 0.433. The number of rotatable bonds is 9. The third-order valence-electron chi connectivity index (χ3n) is 8.10. The van der Waals surface area contributed by atoms with Crippen LogP contribution in [0.1, 0.15) is 56.4 Å². The van der Waals surface area contributed by atoms with Crippen LogP contribution in [0, 0.1) is 0 Å². The molecule has 222 valence electrons. The molecule has 0 radical (unpaired) electrons. The molecule has 3 aliphatic rings. The number of carbonyl (C=O) groups is 2. The highest BCUT2D eigenvalue weighted by molar-refractivity contribution is 7.88. The summed E-state index contributed by atoms with van der Waals surface area (Å²) in [4.78, 5) is 29.7. The predicted molar refractivity (Wildman–Crippen MR) is 155 cm³/mol. The van der Waals surface area contributed by atoms with Crippen molar-refractivity contribution in [3.05, 3.63) is 76.6 Å². The SMILES string of the molecule is COc1c(CN2CCn3nc(C4CC4)cc3C2=O)cccc1OCc1ccc(C(=O)N2CCN(S(C)(=O)=O)CC2)cc1. The lowest BCUT2D eigenvalue weighted by molar-refractivity contribution is 0.0679. The normalized spacial score (nSPS) is 17.7. The molecule has 0 bridgehead atoms. The Labute approximate surface area is 245 Å². The summed E-state index contributed by atoms with van der Waals surface area (Å²) in [7, 11) is -1.66. The maximum absolute atomic E-state index is 13.2. The number of sulfonamides is 1. The molecular formula is C30H35N5O6S. The van der Waals surface area contributed by atoms with Crippen molar-refractivity contribution >= 4 is 21.8 Å². The molecule has 2 aliphatic heterocycles. The van der Waals surface area contributed by atoms with Crippen LogP contribution in [-0.4, -0.2) is 90.2 Å². The molecule has 1 aromatic heterocycles. The molecule has 3 aromatic rings. The molecule has 1 aliphatic carbocycles. The zero-order chi connectivity index (χ0) is 29.4. The summed E-state index contributed by atoms with van der Waals surface area (Å²) in [5, 5.41) is 4.64. The number of carbonyl (C=O) groups excluding carboxylic acids is 2. The third-order valence-corrected chi connectivity index (χ3v) is 9.40. The van der Waals surface area contributed by atoms with Crippen molar-refractivity contribution in [1.29, 1.82) is 0 Å². The number of aromatic nitrogens is 2. The number of fused-ring (bicyclic) bond motifs is 1. The number of hydrogen-bond donors (Lipinski definition) is 0. The molecule has 2 aromatic carbocycles. The fourth-order valence-electron chi connectivity index (χ4n) is 5.53. The molecular weight excluding hydrogens is 558 g/mol. The Bertz CT molecular complexity index is 1590. The maximum atomic E-state index is 13.2. The van der Waals surface area contributed by atoms with Crippen LogP contribution >= 0.6 is 0 Å². The third kappa shape index (κ3) is 5.86. The molecule has 0 atom stereocenters. The molecule has 6 rings (SSSR count). The molecule has 11 nitrogen and oxygen atoms in total. The smallest absolute Gasteiger partial charge is 0.272 e. The number of benzene rings is 2. The standard InChI is InChI=1S/C30H35N5O6S/c1-40-28-24(19-33-14-17-35-26(30(33)37)18-25(31-35)22-10-11-22)4-3-5-27(28)41-20-21-6-8-23(9-7-21)29(36)32-12-15-34(16-13-32)42(2,38)39/h3-9,18,22H,10-17,19-20H2,1-2H3. The maximum Gasteiger partial charge on any atom is 0.272 e. The predicted octanol–water partition coefficient (Wildman–Crippen LogP) is 2.72. The van der Waals surface area contributed by atoms with Gasteiger partial charge in [-0.3, -0.25) is 14.3 Å². The zero-order valence-electron chi connectivity index (χ0n) is 23.9. The topological polar surface area (TPSA) is 114 Å². The largest absolute Gasteiger partial charge is 0.493 e. The van der Waals surface area contributed by atoms with Crippen LogP contribution in [0.2, 0.25) is 0 Å². The van der Waals surface area contributed by atoms with Crippen molar-refractivity contribution in [3.63, 3.8) is 0 Å². The molecule has 0 N–H and O–H groups in total. The summed E-state index contributed by atoms with van der Waals surface area (Å²) in [6.07, 6.45) is 3.48. The average molecular weight is 594 g/mol. The first-order valence-corrected chi connectivity index (χ1v) is 16.0. The van der Waals surface area contributed by atoms with Crippen LogP contribution in [0.5, 0.6) is 11.5 Å². The van der Waals surface area contributed by atoms with Gasteiger partial charge in [-0.25, -0.2) is 8.42 Å². The minimum atomic E-state index is -3.25. The number of piperazine rings is 1. The van der Waals surface area contributed by atoms with E-state index in [4.69, 9.17) is 9.47 Å². The molecule has 2 fully saturated rings. The Balaban J connectivity index is 1.07. The van der Waals surface area contributed by atoms with Crippen LogP contribution < -0.4 is 9.47 Å². The highest BCUT2D eigenvalue weighted by atomic mass is 32.2. The Morgan fingerprint density at radius 3 is 2.40 bits per heavy atom. The van der Waals surface area contributed by atoms with Gasteiger partial charge in [-0.05, 0) is 42.7 Å². The number of methoxy groups -OCH3 is 1. The van der Waals surface area contributed by atoms with E-state index in [1.54, 1.807) is 24.1 Å². The summed E-state index contributed by atoms with van der Waals surface area (Å²) < 4.78 is 38.6. The van der Waals surface area contributed by atoms with E-state index in [9.17, 15) is 18.0 Å². The van der Waals surface area contributed by atoms with Gasteiger partial charge in [-0.1, -0.05) is 24.3 Å². The van der Waals surface area contributed by atoms with E-state index in [2.05, 4.69) is 5.10 Å². The Morgan fingerprint density at radius 2 is 1.74 bits per heavy atom. The number of amides is 2. The van der Waals surface area contributed by atoms with Gasteiger partial charge in [0.2, 0.25) is 10.0 Å². The van der Waals surface area contributed by atoms with E-state index < -0.39 is 10.0 Å². The van der Waals surface area contributed by atoms with Crippen LogP contribution in [0.15, 0.2) is 48.5 Å². The first-order valence-electron chi connectivity index (χ1n) is 14.2. The highest BCUT2D eigenvalue weighted by Gasteiger charge is 2.32. The van der Waals surface area contributed by atoms with Gasteiger partial charge >= 0.3 is 0 Å². The van der Waals surface area contributed by atoms with Crippen LogP contribution in [-0.2, 0) is 29.7 Å². The summed E-state index contributed by atoms with van der Waals surface area (Å²) in [6.45, 7) is 3.24. The second-order valence-electron chi connectivity index (χ2n) is 11.1. The van der Waals surface area contributed by atoms with Gasteiger partial charge in [0.25, 0.3) is 11.8 Å². The van der Waals surface area contributed by atoms with E-state index in [0.29, 0.717) is 74.5 Å². The van der Waals surface area contributed by atoms with E-state index in [-0.39, 0.29) is 18.4 Å². The average Bonchev–Trinajstić information content (AvgIpc) is 3.75. The van der Waals surface area contributed by atoms with Gasteiger partial charge in [0, 0.05) is 56.3 Å². The van der Waals surface area contributed by atoms with Gasteiger partial charge in [0.05, 0.1) is 25.6 Å². The van der Waals surface area contributed by atoms with Crippen molar-refractivity contribution in [2.75, 3.05) is 46.1 Å². The molecule has 2 amide bonds. The van der Waals surface area contributed by atoms with Crippen molar-refractivity contribution in [3.8, 4) is 11.5 Å². The monoisotopic (exact) mass is 593 g/mol. The van der Waals surface area contributed by atoms with E-state index >= 15 is 0 Å². The van der Waals surface area contributed by atoms with Gasteiger partial charge in [0.1, 0.15) is 12.3 Å². The lowest BCUT2D eigenvalue weighted by Gasteiger charge is -2.33.